The van der Waals surface area contributed by atoms with Crippen molar-refractivity contribution in [3.05, 3.63) is 96.1 Å². The summed E-state index contributed by atoms with van der Waals surface area (Å²) in [5.74, 6) is -5.79. The summed E-state index contributed by atoms with van der Waals surface area (Å²) in [7, 11) is 2.76. The normalized spacial score (nSPS) is 27.1. The van der Waals surface area contributed by atoms with Gasteiger partial charge in [-0.05, 0) is 35.4 Å². The first-order chi connectivity index (χ1) is 29.2. The van der Waals surface area contributed by atoms with Gasteiger partial charge in [0.05, 0.1) is 58.8 Å². The van der Waals surface area contributed by atoms with E-state index in [4.69, 9.17) is 52.1 Å². The van der Waals surface area contributed by atoms with Crippen molar-refractivity contribution in [1.82, 2.24) is 0 Å². The van der Waals surface area contributed by atoms with E-state index in [0.29, 0.717) is 18.1 Å². The van der Waals surface area contributed by atoms with Crippen LogP contribution in [0.1, 0.15) is 59.1 Å². The fraction of sp³-hybridized carbons (Fsp3) is 0.522. The molecular formula is C46H58O15. The van der Waals surface area contributed by atoms with Crippen molar-refractivity contribution in [2.75, 3.05) is 27.4 Å². The molecule has 2 aliphatic rings. The highest BCUT2D eigenvalue weighted by Crippen LogP contribution is 2.44. The van der Waals surface area contributed by atoms with Crippen LogP contribution in [0.4, 0.5) is 0 Å². The lowest BCUT2D eigenvalue weighted by molar-refractivity contribution is -0.363. The monoisotopic (exact) mass is 850 g/mol. The van der Waals surface area contributed by atoms with E-state index < -0.39 is 90.3 Å². The smallest absolute Gasteiger partial charge is 0.366 e. The summed E-state index contributed by atoms with van der Waals surface area (Å²) >= 11 is 0. The zero-order chi connectivity index (χ0) is 44.1. The number of methoxy groups -OCH3 is 2. The van der Waals surface area contributed by atoms with Crippen molar-refractivity contribution in [3.63, 3.8) is 0 Å². The second-order valence-electron chi connectivity index (χ2n) is 15.4. The van der Waals surface area contributed by atoms with Gasteiger partial charge in [0.1, 0.15) is 36.4 Å². The Labute approximate surface area is 357 Å². The van der Waals surface area contributed by atoms with Crippen LogP contribution in [0.15, 0.2) is 84.9 Å². The molecule has 0 aromatic heterocycles. The lowest BCUT2D eigenvalue weighted by atomic mass is 9.80. The quantitative estimate of drug-likeness (QED) is 0.102. The van der Waals surface area contributed by atoms with Crippen molar-refractivity contribution in [1.29, 1.82) is 0 Å². The molecule has 3 aromatic carbocycles. The van der Waals surface area contributed by atoms with Crippen LogP contribution in [0.5, 0.6) is 11.5 Å². The van der Waals surface area contributed by atoms with E-state index in [9.17, 15) is 19.2 Å². The number of carbonyl (C=O) groups is 4. The highest BCUT2D eigenvalue weighted by molar-refractivity contribution is 5.78. The fourth-order valence-corrected chi connectivity index (χ4v) is 7.63. The Kier molecular flexibility index (Phi) is 17.1. The molecule has 61 heavy (non-hydrogen) atoms. The van der Waals surface area contributed by atoms with E-state index in [1.807, 2.05) is 67.6 Å². The number of benzene rings is 3. The molecule has 0 spiro atoms. The molecule has 0 radical (unpaired) electrons. The molecule has 15 heteroatoms. The average molecular weight is 851 g/mol. The maximum atomic E-state index is 14.4. The van der Waals surface area contributed by atoms with Crippen LogP contribution in [0.3, 0.4) is 0 Å². The maximum absolute atomic E-state index is 14.4. The summed E-state index contributed by atoms with van der Waals surface area (Å²) in [5, 5.41) is 0. The molecule has 332 valence electrons. The highest BCUT2D eigenvalue weighted by atomic mass is 16.8. The lowest BCUT2D eigenvalue weighted by Gasteiger charge is -2.51. The third-order valence-electron chi connectivity index (χ3n) is 10.9. The SMILES string of the molecule is COC(=O)[C@@]1(O[C@@H]2C(OCc3ccccc3)[C@H](Oc3ccc(OC)cc3)OC(COCc3ccccc3)[C@@H]2C)CC(OC(C)=O)[C@H](C)[C@H]([C@H](C)[C@@H](COC(C)=O)OC(C)=O)O1. The van der Waals surface area contributed by atoms with Gasteiger partial charge in [0.15, 0.2) is 0 Å². The number of hydrogen-bond donors (Lipinski definition) is 0. The van der Waals surface area contributed by atoms with Gasteiger partial charge in [0.25, 0.3) is 5.79 Å². The number of ether oxygens (including phenoxy) is 11. The van der Waals surface area contributed by atoms with Crippen LogP contribution >= 0.6 is 0 Å². The summed E-state index contributed by atoms with van der Waals surface area (Å²) in [6.07, 6.45) is -7.10. The van der Waals surface area contributed by atoms with Crippen molar-refractivity contribution in [2.45, 2.75) is 110 Å². The van der Waals surface area contributed by atoms with E-state index in [1.54, 1.807) is 45.2 Å². The number of rotatable bonds is 19. The largest absolute Gasteiger partial charge is 0.497 e. The van der Waals surface area contributed by atoms with Crippen molar-refractivity contribution < 1.29 is 71.3 Å². The molecule has 5 rings (SSSR count). The molecular weight excluding hydrogens is 792 g/mol. The van der Waals surface area contributed by atoms with Gasteiger partial charge in [-0.25, -0.2) is 4.79 Å². The molecule has 3 unspecified atom stereocenters. The predicted molar refractivity (Wildman–Crippen MR) is 218 cm³/mol. The average Bonchev–Trinajstić information content (AvgIpc) is 3.24. The van der Waals surface area contributed by atoms with Crippen molar-refractivity contribution >= 4 is 23.9 Å². The van der Waals surface area contributed by atoms with E-state index in [0.717, 1.165) is 11.1 Å². The molecule has 2 saturated heterocycles. The van der Waals surface area contributed by atoms with Gasteiger partial charge < -0.3 is 52.1 Å². The minimum atomic E-state index is -2.23. The van der Waals surface area contributed by atoms with Gasteiger partial charge in [0, 0.05) is 38.5 Å². The summed E-state index contributed by atoms with van der Waals surface area (Å²) < 4.78 is 67.6. The Morgan fingerprint density at radius 1 is 0.770 bits per heavy atom. The first-order valence-corrected chi connectivity index (χ1v) is 20.4. The Balaban J connectivity index is 1.58. The standard InChI is InChI=1S/C46H58O15/c1-28-38(56-32(5)48)23-46(45(50)52-8,60-41(28)29(2)40(57-33(6)49)27-54-31(4)47)61-42-30(3)39(26-53-24-34-15-11-9-12-16-34)59-44(58-37-21-19-36(51-7)20-22-37)43(42)55-25-35-17-13-10-14-18-35/h9-22,28-30,38-44H,23-27H2,1-8H3/t28-,29+,30-,38?,39?,40+,41+,42-,43?,44+,46-/m0/s1. The summed E-state index contributed by atoms with van der Waals surface area (Å²) in [4.78, 5) is 51.2. The topological polar surface area (TPSA) is 170 Å². The van der Waals surface area contributed by atoms with E-state index in [1.165, 1.54) is 27.9 Å². The van der Waals surface area contributed by atoms with Crippen molar-refractivity contribution in [2.24, 2.45) is 17.8 Å². The second kappa shape index (κ2) is 22.2. The summed E-state index contributed by atoms with van der Waals surface area (Å²) in [6, 6.07) is 26.2. The van der Waals surface area contributed by atoms with Crippen LogP contribution in [0.25, 0.3) is 0 Å². The maximum Gasteiger partial charge on any atom is 0.366 e. The van der Waals surface area contributed by atoms with E-state index in [2.05, 4.69) is 0 Å². The van der Waals surface area contributed by atoms with Crippen LogP contribution in [-0.2, 0) is 75.0 Å². The Morgan fingerprint density at radius 2 is 1.39 bits per heavy atom. The van der Waals surface area contributed by atoms with Gasteiger partial charge in [0.2, 0.25) is 6.29 Å². The fourth-order valence-electron chi connectivity index (χ4n) is 7.63. The molecule has 15 nitrogen and oxygen atoms in total. The molecule has 0 aliphatic carbocycles. The van der Waals surface area contributed by atoms with Gasteiger partial charge >= 0.3 is 23.9 Å². The molecule has 0 saturated carbocycles. The zero-order valence-corrected chi connectivity index (χ0v) is 36.0. The van der Waals surface area contributed by atoms with Gasteiger partial charge in [-0.15, -0.1) is 0 Å². The Hall–Kier alpha value is -5.06. The van der Waals surface area contributed by atoms with Crippen LogP contribution in [0, 0.1) is 17.8 Å². The predicted octanol–water partition coefficient (Wildman–Crippen LogP) is 5.98. The molecule has 2 aliphatic heterocycles. The van der Waals surface area contributed by atoms with Gasteiger partial charge in [-0.1, -0.05) is 81.4 Å². The zero-order valence-electron chi connectivity index (χ0n) is 36.0. The van der Waals surface area contributed by atoms with Crippen molar-refractivity contribution in [3.8, 4) is 11.5 Å². The first-order valence-electron chi connectivity index (χ1n) is 20.4. The number of esters is 4. The minimum Gasteiger partial charge on any atom is -0.497 e. The lowest BCUT2D eigenvalue weighted by Crippen LogP contribution is -2.65. The summed E-state index contributed by atoms with van der Waals surface area (Å²) in [6.45, 7) is 9.33. The first kappa shape index (κ1) is 47.0. The second-order valence-corrected chi connectivity index (χ2v) is 15.4. The molecule has 0 N–H and O–H groups in total. The van der Waals surface area contributed by atoms with Gasteiger partial charge in [-0.2, -0.15) is 0 Å². The third-order valence-corrected chi connectivity index (χ3v) is 10.9. The summed E-state index contributed by atoms with van der Waals surface area (Å²) in [5.41, 5.74) is 1.81. The highest BCUT2D eigenvalue weighted by Gasteiger charge is 2.60. The van der Waals surface area contributed by atoms with Crippen LogP contribution in [0.2, 0.25) is 0 Å². The molecule has 0 amide bonds. The van der Waals surface area contributed by atoms with Gasteiger partial charge in [-0.3, -0.25) is 14.4 Å². The van der Waals surface area contributed by atoms with E-state index in [-0.39, 0.29) is 26.2 Å². The Morgan fingerprint density at radius 3 is 1.97 bits per heavy atom. The van der Waals surface area contributed by atoms with E-state index >= 15 is 0 Å². The minimum absolute atomic E-state index is 0.100. The molecule has 2 heterocycles. The molecule has 0 bridgehead atoms. The van der Waals surface area contributed by atoms with Crippen LogP contribution < -0.4 is 9.47 Å². The van der Waals surface area contributed by atoms with Crippen LogP contribution in [-0.4, -0.2) is 100 Å². The Bertz CT molecular complexity index is 1860. The third kappa shape index (κ3) is 12.7. The number of carbonyl (C=O) groups excluding carboxylic acids is 4. The molecule has 2 fully saturated rings. The number of hydrogen-bond acceptors (Lipinski definition) is 15. The molecule has 3 aromatic rings. The molecule has 11 atom stereocenters.